The van der Waals surface area contributed by atoms with E-state index in [2.05, 4.69) is 13.8 Å². The second-order valence-electron chi connectivity index (χ2n) is 5.24. The number of benzene rings is 1. The van der Waals surface area contributed by atoms with E-state index in [4.69, 9.17) is 9.47 Å². The van der Waals surface area contributed by atoms with Gasteiger partial charge in [0, 0.05) is 5.56 Å². The molecule has 0 amide bonds. The predicted octanol–water partition coefficient (Wildman–Crippen LogP) is 4.08. The minimum Gasteiger partial charge on any atom is -0.496 e. The van der Waals surface area contributed by atoms with Crippen molar-refractivity contribution in [2.24, 2.45) is 5.92 Å². The Morgan fingerprint density at radius 1 is 1.21 bits per heavy atom. The average molecular weight is 264 g/mol. The van der Waals surface area contributed by atoms with Gasteiger partial charge < -0.3 is 9.47 Å². The summed E-state index contributed by atoms with van der Waals surface area (Å²) >= 11 is 0. The molecule has 0 aliphatic rings. The van der Waals surface area contributed by atoms with Gasteiger partial charge in [0.1, 0.15) is 11.5 Å². The zero-order valence-corrected chi connectivity index (χ0v) is 12.7. The number of rotatable bonds is 5. The topological polar surface area (TPSA) is 35.5 Å². The van der Waals surface area contributed by atoms with E-state index < -0.39 is 0 Å². The van der Waals surface area contributed by atoms with Crippen molar-refractivity contribution >= 4 is 5.97 Å². The van der Waals surface area contributed by atoms with Crippen molar-refractivity contribution in [3.8, 4) is 11.5 Å². The van der Waals surface area contributed by atoms with Crippen molar-refractivity contribution in [3.63, 3.8) is 0 Å². The first kappa shape index (κ1) is 15.5. The molecule has 3 heteroatoms. The standard InChI is InChI=1S/C16H24O3/c1-7-11(4)16(17)19-15-8-12(5)14(18-6)9-13(15)10(2)3/h8-11H,7H2,1-6H3. The van der Waals surface area contributed by atoms with Crippen molar-refractivity contribution in [3.05, 3.63) is 23.3 Å². The second kappa shape index (κ2) is 6.60. The number of methoxy groups -OCH3 is 1. The summed E-state index contributed by atoms with van der Waals surface area (Å²) in [6, 6.07) is 3.84. The molecule has 0 radical (unpaired) electrons. The van der Waals surface area contributed by atoms with Gasteiger partial charge >= 0.3 is 5.97 Å². The zero-order valence-electron chi connectivity index (χ0n) is 12.7. The number of carbonyl (C=O) groups excluding carboxylic acids is 1. The lowest BCUT2D eigenvalue weighted by atomic mass is 9.99. The summed E-state index contributed by atoms with van der Waals surface area (Å²) in [5.41, 5.74) is 1.97. The first-order valence-electron chi connectivity index (χ1n) is 6.80. The normalized spacial score (nSPS) is 12.4. The number of aryl methyl sites for hydroxylation is 1. The first-order valence-corrected chi connectivity index (χ1v) is 6.80. The number of hydrogen-bond acceptors (Lipinski definition) is 3. The highest BCUT2D eigenvalue weighted by Crippen LogP contribution is 2.33. The molecule has 106 valence electrons. The van der Waals surface area contributed by atoms with Crippen LogP contribution in [0.1, 0.15) is 51.2 Å². The molecule has 1 aromatic carbocycles. The molecule has 0 heterocycles. The summed E-state index contributed by atoms with van der Waals surface area (Å²) in [6.07, 6.45) is 0.783. The van der Waals surface area contributed by atoms with Crippen LogP contribution in [-0.2, 0) is 4.79 Å². The summed E-state index contributed by atoms with van der Waals surface area (Å²) in [5, 5.41) is 0. The highest BCUT2D eigenvalue weighted by Gasteiger charge is 2.18. The molecule has 1 atom stereocenters. The molecule has 1 aromatic rings. The van der Waals surface area contributed by atoms with Crippen LogP contribution in [0.5, 0.6) is 11.5 Å². The minimum absolute atomic E-state index is 0.0811. The number of carbonyl (C=O) groups is 1. The second-order valence-corrected chi connectivity index (χ2v) is 5.24. The van der Waals surface area contributed by atoms with Crippen LogP contribution in [0.25, 0.3) is 0 Å². The van der Waals surface area contributed by atoms with Crippen LogP contribution >= 0.6 is 0 Å². The van der Waals surface area contributed by atoms with Gasteiger partial charge in [-0.2, -0.15) is 0 Å². The van der Waals surface area contributed by atoms with Crippen LogP contribution in [0, 0.1) is 12.8 Å². The van der Waals surface area contributed by atoms with Crippen molar-refractivity contribution in [1.29, 1.82) is 0 Å². The molecular formula is C16H24O3. The highest BCUT2D eigenvalue weighted by molar-refractivity contribution is 5.75. The smallest absolute Gasteiger partial charge is 0.314 e. The summed E-state index contributed by atoms with van der Waals surface area (Å²) in [7, 11) is 1.65. The molecule has 0 N–H and O–H groups in total. The molecule has 3 nitrogen and oxygen atoms in total. The van der Waals surface area contributed by atoms with Crippen LogP contribution in [0.3, 0.4) is 0 Å². The zero-order chi connectivity index (χ0) is 14.6. The van der Waals surface area contributed by atoms with E-state index in [-0.39, 0.29) is 17.8 Å². The summed E-state index contributed by atoms with van der Waals surface area (Å²) < 4.78 is 10.9. The van der Waals surface area contributed by atoms with Gasteiger partial charge in [-0.3, -0.25) is 4.79 Å². The Morgan fingerprint density at radius 3 is 2.32 bits per heavy atom. The Kier molecular flexibility index (Phi) is 5.40. The van der Waals surface area contributed by atoms with Crippen molar-refractivity contribution in [2.75, 3.05) is 7.11 Å². The molecule has 0 aromatic heterocycles. The van der Waals surface area contributed by atoms with Gasteiger partial charge in [-0.05, 0) is 37.0 Å². The maximum atomic E-state index is 11.9. The van der Waals surface area contributed by atoms with Crippen LogP contribution in [-0.4, -0.2) is 13.1 Å². The fourth-order valence-corrected chi connectivity index (χ4v) is 1.81. The predicted molar refractivity (Wildman–Crippen MR) is 76.9 cm³/mol. The maximum absolute atomic E-state index is 11.9. The third kappa shape index (κ3) is 3.72. The van der Waals surface area contributed by atoms with Crippen molar-refractivity contribution < 1.29 is 14.3 Å². The van der Waals surface area contributed by atoms with Crippen molar-refractivity contribution in [1.82, 2.24) is 0 Å². The first-order chi connectivity index (χ1) is 8.90. The molecule has 0 spiro atoms. The summed E-state index contributed by atoms with van der Waals surface area (Å²) in [4.78, 5) is 11.9. The lowest BCUT2D eigenvalue weighted by molar-refractivity contribution is -0.138. The van der Waals surface area contributed by atoms with Gasteiger partial charge in [-0.1, -0.05) is 27.7 Å². The van der Waals surface area contributed by atoms with E-state index in [1.54, 1.807) is 7.11 Å². The molecule has 1 rings (SSSR count). The Morgan fingerprint density at radius 2 is 1.84 bits per heavy atom. The fraction of sp³-hybridized carbons (Fsp3) is 0.562. The fourth-order valence-electron chi connectivity index (χ4n) is 1.81. The number of esters is 1. The van der Waals surface area contributed by atoms with E-state index in [1.807, 2.05) is 32.9 Å². The largest absolute Gasteiger partial charge is 0.496 e. The molecule has 0 aliphatic heterocycles. The molecule has 0 saturated carbocycles. The minimum atomic E-state index is -0.172. The molecule has 0 aliphatic carbocycles. The third-order valence-electron chi connectivity index (χ3n) is 3.37. The molecular weight excluding hydrogens is 240 g/mol. The lowest BCUT2D eigenvalue weighted by Crippen LogP contribution is -2.18. The van der Waals surface area contributed by atoms with Gasteiger partial charge in [0.05, 0.1) is 13.0 Å². The summed E-state index contributed by atoms with van der Waals surface area (Å²) in [6.45, 7) is 9.96. The van der Waals surface area contributed by atoms with Gasteiger partial charge in [0.25, 0.3) is 0 Å². The van der Waals surface area contributed by atoms with Gasteiger partial charge in [-0.15, -0.1) is 0 Å². The molecule has 0 bridgehead atoms. The van der Waals surface area contributed by atoms with Crippen LogP contribution in [0.15, 0.2) is 12.1 Å². The van der Waals surface area contributed by atoms with Crippen LogP contribution < -0.4 is 9.47 Å². The molecule has 0 fully saturated rings. The van der Waals surface area contributed by atoms with Gasteiger partial charge in [-0.25, -0.2) is 0 Å². The summed E-state index contributed by atoms with van der Waals surface area (Å²) in [5.74, 6) is 1.50. The van der Waals surface area contributed by atoms with Crippen LogP contribution in [0.2, 0.25) is 0 Å². The molecule has 1 unspecified atom stereocenters. The van der Waals surface area contributed by atoms with E-state index in [0.717, 1.165) is 23.3 Å². The van der Waals surface area contributed by atoms with E-state index in [9.17, 15) is 4.79 Å². The Balaban J connectivity index is 3.12. The monoisotopic (exact) mass is 264 g/mol. The highest BCUT2D eigenvalue weighted by atomic mass is 16.5. The van der Waals surface area contributed by atoms with E-state index >= 15 is 0 Å². The van der Waals surface area contributed by atoms with Crippen LogP contribution in [0.4, 0.5) is 0 Å². The Bertz CT molecular complexity index is 450. The Hall–Kier alpha value is -1.51. The number of ether oxygens (including phenoxy) is 2. The maximum Gasteiger partial charge on any atom is 0.314 e. The molecule has 0 saturated heterocycles. The third-order valence-corrected chi connectivity index (χ3v) is 3.37. The lowest BCUT2D eigenvalue weighted by Gasteiger charge is -2.17. The quantitative estimate of drug-likeness (QED) is 0.594. The van der Waals surface area contributed by atoms with E-state index in [0.29, 0.717) is 5.75 Å². The van der Waals surface area contributed by atoms with E-state index in [1.165, 1.54) is 0 Å². The molecule has 19 heavy (non-hydrogen) atoms. The SMILES string of the molecule is CCC(C)C(=O)Oc1cc(C)c(OC)cc1C(C)C. The van der Waals surface area contributed by atoms with Gasteiger partial charge in [0.15, 0.2) is 0 Å². The average Bonchev–Trinajstić information content (AvgIpc) is 2.37. The Labute approximate surface area is 115 Å². The number of hydrogen-bond donors (Lipinski definition) is 0. The van der Waals surface area contributed by atoms with Gasteiger partial charge in [0.2, 0.25) is 0 Å². The van der Waals surface area contributed by atoms with Crippen molar-refractivity contribution in [2.45, 2.75) is 47.0 Å².